The first-order chi connectivity index (χ1) is 8.38. The van der Waals surface area contributed by atoms with Gasteiger partial charge in [-0.25, -0.2) is 0 Å². The molecule has 1 aromatic rings. The number of aryl methyl sites for hydroxylation is 1. The minimum absolute atomic E-state index is 0.502. The average Bonchev–Trinajstić information content (AvgIpc) is 2.99. The van der Waals surface area contributed by atoms with E-state index < -0.39 is 0 Å². The van der Waals surface area contributed by atoms with Crippen LogP contribution < -0.4 is 5.32 Å². The van der Waals surface area contributed by atoms with E-state index in [1.165, 1.54) is 37.0 Å². The third-order valence-electron chi connectivity index (χ3n) is 3.38. The highest BCUT2D eigenvalue weighted by molar-refractivity contribution is 7.09. The molecule has 17 heavy (non-hydrogen) atoms. The van der Waals surface area contributed by atoms with E-state index in [0.717, 1.165) is 13.2 Å². The van der Waals surface area contributed by atoms with Crippen molar-refractivity contribution in [3.8, 4) is 0 Å². The van der Waals surface area contributed by atoms with Crippen LogP contribution in [0.25, 0.3) is 0 Å². The molecule has 1 N–H and O–H groups in total. The largest absolute Gasteiger partial charge is 0.378 e. The maximum absolute atomic E-state index is 5.73. The first-order valence-corrected chi connectivity index (χ1v) is 7.64. The van der Waals surface area contributed by atoms with Gasteiger partial charge < -0.3 is 10.1 Å². The highest BCUT2D eigenvalue weighted by atomic mass is 32.1. The molecule has 0 spiro atoms. The lowest BCUT2D eigenvalue weighted by Gasteiger charge is -2.20. The molecular formula is C14H23NOS. The quantitative estimate of drug-likeness (QED) is 0.805. The van der Waals surface area contributed by atoms with Crippen molar-refractivity contribution < 1.29 is 4.74 Å². The molecule has 2 unspecified atom stereocenters. The molecule has 0 aliphatic carbocycles. The van der Waals surface area contributed by atoms with Crippen molar-refractivity contribution in [1.29, 1.82) is 0 Å². The van der Waals surface area contributed by atoms with Crippen molar-refractivity contribution in [1.82, 2.24) is 5.32 Å². The van der Waals surface area contributed by atoms with Gasteiger partial charge in [-0.1, -0.05) is 13.0 Å². The second kappa shape index (κ2) is 7.14. The van der Waals surface area contributed by atoms with Crippen LogP contribution in [-0.4, -0.2) is 25.3 Å². The zero-order chi connectivity index (χ0) is 11.9. The Morgan fingerprint density at radius 3 is 3.18 bits per heavy atom. The lowest BCUT2D eigenvalue weighted by atomic mass is 10.0. The van der Waals surface area contributed by atoms with E-state index in [0.29, 0.717) is 12.1 Å². The van der Waals surface area contributed by atoms with Crippen molar-refractivity contribution in [3.63, 3.8) is 0 Å². The van der Waals surface area contributed by atoms with E-state index in [1.807, 2.05) is 11.3 Å². The maximum atomic E-state index is 5.73. The first-order valence-electron chi connectivity index (χ1n) is 6.76. The molecule has 0 aromatic carbocycles. The van der Waals surface area contributed by atoms with Gasteiger partial charge in [0, 0.05) is 17.5 Å². The van der Waals surface area contributed by atoms with Crippen LogP contribution in [0.5, 0.6) is 0 Å². The van der Waals surface area contributed by atoms with Gasteiger partial charge in [0.05, 0.1) is 6.10 Å². The minimum atomic E-state index is 0.502. The fraction of sp³-hybridized carbons (Fsp3) is 0.714. The van der Waals surface area contributed by atoms with Gasteiger partial charge in [-0.15, -0.1) is 11.3 Å². The van der Waals surface area contributed by atoms with Gasteiger partial charge in [-0.05, 0) is 50.1 Å². The third kappa shape index (κ3) is 4.41. The van der Waals surface area contributed by atoms with Crippen LogP contribution in [0.3, 0.4) is 0 Å². The fourth-order valence-corrected chi connectivity index (χ4v) is 3.24. The lowest BCUT2D eigenvalue weighted by molar-refractivity contribution is 0.0938. The van der Waals surface area contributed by atoms with Crippen molar-refractivity contribution in [2.75, 3.05) is 13.2 Å². The lowest BCUT2D eigenvalue weighted by Crippen LogP contribution is -2.32. The van der Waals surface area contributed by atoms with Gasteiger partial charge in [0.1, 0.15) is 0 Å². The van der Waals surface area contributed by atoms with E-state index in [4.69, 9.17) is 4.74 Å². The van der Waals surface area contributed by atoms with Crippen LogP contribution in [-0.2, 0) is 11.2 Å². The number of hydrogen-bond acceptors (Lipinski definition) is 3. The molecule has 2 heterocycles. The molecule has 1 fully saturated rings. The Kier molecular flexibility index (Phi) is 5.49. The van der Waals surface area contributed by atoms with Crippen LogP contribution in [0.15, 0.2) is 17.5 Å². The number of ether oxygens (including phenoxy) is 1. The smallest absolute Gasteiger partial charge is 0.0590 e. The van der Waals surface area contributed by atoms with E-state index in [9.17, 15) is 0 Å². The summed E-state index contributed by atoms with van der Waals surface area (Å²) in [6.45, 7) is 4.21. The molecule has 1 saturated heterocycles. The molecule has 3 heteroatoms. The van der Waals surface area contributed by atoms with Crippen LogP contribution >= 0.6 is 11.3 Å². The zero-order valence-electron chi connectivity index (χ0n) is 10.7. The second-order valence-electron chi connectivity index (χ2n) is 4.74. The summed E-state index contributed by atoms with van der Waals surface area (Å²) in [4.78, 5) is 1.50. The Morgan fingerprint density at radius 2 is 2.53 bits per heavy atom. The normalized spacial score (nSPS) is 21.8. The molecule has 2 rings (SSSR count). The van der Waals surface area contributed by atoms with E-state index in [2.05, 4.69) is 29.8 Å². The topological polar surface area (TPSA) is 21.3 Å². The predicted octanol–water partition coefficient (Wildman–Crippen LogP) is 3.23. The summed E-state index contributed by atoms with van der Waals surface area (Å²) in [6.07, 6.45) is 6.60. The average molecular weight is 253 g/mol. The molecule has 0 amide bonds. The highest BCUT2D eigenvalue weighted by Gasteiger charge is 2.20. The molecule has 0 saturated carbocycles. The number of hydrogen-bond donors (Lipinski definition) is 1. The van der Waals surface area contributed by atoms with Crippen LogP contribution in [0.4, 0.5) is 0 Å². The van der Waals surface area contributed by atoms with Gasteiger partial charge in [-0.3, -0.25) is 0 Å². The molecule has 0 bridgehead atoms. The Bertz CT molecular complexity index is 293. The van der Waals surface area contributed by atoms with Crippen molar-refractivity contribution >= 4 is 11.3 Å². The second-order valence-corrected chi connectivity index (χ2v) is 5.78. The summed E-state index contributed by atoms with van der Waals surface area (Å²) in [5, 5.41) is 5.76. The molecule has 1 aromatic heterocycles. The SMILES string of the molecule is CCNC(CCc1cccs1)CC1CCCO1. The summed E-state index contributed by atoms with van der Waals surface area (Å²) in [5.41, 5.74) is 0. The molecule has 1 aliphatic heterocycles. The van der Waals surface area contributed by atoms with E-state index >= 15 is 0 Å². The predicted molar refractivity (Wildman–Crippen MR) is 73.7 cm³/mol. The summed E-state index contributed by atoms with van der Waals surface area (Å²) in [6, 6.07) is 4.99. The molecular weight excluding hydrogens is 230 g/mol. The Hall–Kier alpha value is -0.380. The van der Waals surface area contributed by atoms with Crippen molar-refractivity contribution in [3.05, 3.63) is 22.4 Å². The molecule has 0 radical (unpaired) electrons. The van der Waals surface area contributed by atoms with Crippen LogP contribution in [0.1, 0.15) is 37.5 Å². The molecule has 2 atom stereocenters. The molecule has 2 nitrogen and oxygen atoms in total. The standard InChI is InChI=1S/C14H23NOS/c1-2-15-12(11-13-5-3-9-16-13)7-8-14-6-4-10-17-14/h4,6,10,12-13,15H,2-3,5,7-9,11H2,1H3. The maximum Gasteiger partial charge on any atom is 0.0590 e. The number of rotatable bonds is 7. The van der Waals surface area contributed by atoms with Gasteiger partial charge >= 0.3 is 0 Å². The fourth-order valence-electron chi connectivity index (χ4n) is 2.51. The van der Waals surface area contributed by atoms with Crippen LogP contribution in [0, 0.1) is 0 Å². The Labute approximate surface area is 108 Å². The summed E-state index contributed by atoms with van der Waals surface area (Å²) in [7, 11) is 0. The summed E-state index contributed by atoms with van der Waals surface area (Å²) in [5.74, 6) is 0. The van der Waals surface area contributed by atoms with Gasteiger partial charge in [0.15, 0.2) is 0 Å². The summed E-state index contributed by atoms with van der Waals surface area (Å²) >= 11 is 1.87. The first kappa shape index (κ1) is 13.1. The molecule has 1 aliphatic rings. The van der Waals surface area contributed by atoms with E-state index in [-0.39, 0.29) is 0 Å². The minimum Gasteiger partial charge on any atom is -0.378 e. The van der Waals surface area contributed by atoms with E-state index in [1.54, 1.807) is 0 Å². The van der Waals surface area contributed by atoms with Crippen molar-refractivity contribution in [2.24, 2.45) is 0 Å². The summed E-state index contributed by atoms with van der Waals surface area (Å²) < 4.78 is 5.73. The zero-order valence-corrected chi connectivity index (χ0v) is 11.5. The van der Waals surface area contributed by atoms with Gasteiger partial charge in [0.25, 0.3) is 0 Å². The Morgan fingerprint density at radius 1 is 1.59 bits per heavy atom. The monoisotopic (exact) mass is 253 g/mol. The number of thiophene rings is 1. The van der Waals surface area contributed by atoms with Crippen LogP contribution in [0.2, 0.25) is 0 Å². The number of nitrogens with one attached hydrogen (secondary N) is 1. The highest BCUT2D eigenvalue weighted by Crippen LogP contribution is 2.20. The van der Waals surface area contributed by atoms with Crippen molar-refractivity contribution in [2.45, 2.75) is 51.2 Å². The Balaban J connectivity index is 1.75. The molecule has 96 valence electrons. The van der Waals surface area contributed by atoms with Gasteiger partial charge in [-0.2, -0.15) is 0 Å². The van der Waals surface area contributed by atoms with Gasteiger partial charge in [0.2, 0.25) is 0 Å². The third-order valence-corrected chi connectivity index (χ3v) is 4.32.